The lowest BCUT2D eigenvalue weighted by atomic mass is 9.74. The second kappa shape index (κ2) is 7.78. The molecule has 0 aromatic carbocycles. The van der Waals surface area contributed by atoms with Gasteiger partial charge in [-0.1, -0.05) is 34.1 Å². The number of amides is 1. The Kier molecular flexibility index (Phi) is 6.69. The Bertz CT molecular complexity index is 253. The van der Waals surface area contributed by atoms with E-state index in [4.69, 9.17) is 0 Å². The van der Waals surface area contributed by atoms with E-state index in [0.717, 1.165) is 24.8 Å². The van der Waals surface area contributed by atoms with Crippen molar-refractivity contribution < 1.29 is 4.79 Å². The summed E-state index contributed by atoms with van der Waals surface area (Å²) in [5.41, 5.74) is 0. The van der Waals surface area contributed by atoms with Crippen LogP contribution in [0, 0.1) is 17.8 Å². The van der Waals surface area contributed by atoms with E-state index in [1.807, 2.05) is 0 Å². The summed E-state index contributed by atoms with van der Waals surface area (Å²) in [4.78, 5) is 11.6. The molecule has 0 heterocycles. The van der Waals surface area contributed by atoms with Crippen LogP contribution in [0.15, 0.2) is 0 Å². The van der Waals surface area contributed by atoms with Crippen molar-refractivity contribution in [1.29, 1.82) is 0 Å². The molecule has 1 rings (SSSR count). The van der Waals surface area contributed by atoms with Crippen molar-refractivity contribution >= 4 is 5.91 Å². The monoisotopic (exact) mass is 254 g/mol. The van der Waals surface area contributed by atoms with Gasteiger partial charge >= 0.3 is 0 Å². The molecule has 3 atom stereocenters. The minimum Gasteiger partial charge on any atom is -0.355 e. The van der Waals surface area contributed by atoms with Crippen molar-refractivity contribution in [1.82, 2.24) is 10.6 Å². The summed E-state index contributed by atoms with van der Waals surface area (Å²) in [5.74, 6) is 2.35. The summed E-state index contributed by atoms with van der Waals surface area (Å²) in [6, 6.07) is 0.515. The zero-order valence-electron chi connectivity index (χ0n) is 12.5. The highest BCUT2D eigenvalue weighted by Crippen LogP contribution is 2.33. The van der Waals surface area contributed by atoms with Gasteiger partial charge in [0.1, 0.15) is 0 Å². The highest BCUT2D eigenvalue weighted by atomic mass is 16.1. The molecule has 1 aliphatic rings. The Morgan fingerprint density at radius 2 is 2.06 bits per heavy atom. The van der Waals surface area contributed by atoms with Gasteiger partial charge < -0.3 is 10.6 Å². The largest absolute Gasteiger partial charge is 0.355 e. The molecule has 0 spiro atoms. The lowest BCUT2D eigenvalue weighted by Gasteiger charge is -2.37. The van der Waals surface area contributed by atoms with Crippen molar-refractivity contribution in [3.05, 3.63) is 0 Å². The van der Waals surface area contributed by atoms with E-state index in [9.17, 15) is 4.79 Å². The van der Waals surface area contributed by atoms with Crippen molar-refractivity contribution in [2.75, 3.05) is 13.1 Å². The predicted octanol–water partition coefficient (Wildman–Crippen LogP) is 2.56. The molecule has 3 unspecified atom stereocenters. The molecule has 0 saturated heterocycles. The van der Waals surface area contributed by atoms with E-state index in [0.29, 0.717) is 18.5 Å². The van der Waals surface area contributed by atoms with Gasteiger partial charge in [-0.05, 0) is 37.0 Å². The minimum absolute atomic E-state index is 0.137. The third kappa shape index (κ3) is 4.97. The molecule has 3 heteroatoms. The molecule has 0 aromatic heterocycles. The van der Waals surface area contributed by atoms with Crippen LogP contribution in [0.3, 0.4) is 0 Å². The first-order valence-corrected chi connectivity index (χ1v) is 7.54. The maximum Gasteiger partial charge on any atom is 0.233 e. The Labute approximate surface area is 112 Å². The van der Waals surface area contributed by atoms with Gasteiger partial charge in [-0.3, -0.25) is 4.79 Å². The van der Waals surface area contributed by atoms with E-state index >= 15 is 0 Å². The van der Waals surface area contributed by atoms with Crippen molar-refractivity contribution in [2.45, 2.75) is 59.4 Å². The summed E-state index contributed by atoms with van der Waals surface area (Å²) in [5, 5.41) is 6.41. The van der Waals surface area contributed by atoms with E-state index in [2.05, 4.69) is 38.3 Å². The predicted molar refractivity (Wildman–Crippen MR) is 76.4 cm³/mol. The Hall–Kier alpha value is -0.570. The zero-order chi connectivity index (χ0) is 13.5. The molecule has 1 saturated carbocycles. The topological polar surface area (TPSA) is 41.1 Å². The van der Waals surface area contributed by atoms with Crippen LogP contribution in [-0.4, -0.2) is 25.0 Å². The van der Waals surface area contributed by atoms with Gasteiger partial charge in [0.25, 0.3) is 0 Å². The standard InChI is InChI=1S/C15H30N2O/c1-5-8-16-15(18)10-17-14-9-12(4)6-7-13(14)11(2)3/h11-14,17H,5-10H2,1-4H3,(H,16,18). The third-order valence-electron chi connectivity index (χ3n) is 4.12. The molecule has 1 amide bonds. The smallest absolute Gasteiger partial charge is 0.233 e. The van der Waals surface area contributed by atoms with Crippen LogP contribution in [0.2, 0.25) is 0 Å². The van der Waals surface area contributed by atoms with Crippen LogP contribution in [0.5, 0.6) is 0 Å². The molecular formula is C15H30N2O. The first-order valence-electron chi connectivity index (χ1n) is 7.54. The SMILES string of the molecule is CCCNC(=O)CNC1CC(C)CCC1C(C)C. The van der Waals surface area contributed by atoms with Crippen molar-refractivity contribution in [3.8, 4) is 0 Å². The Morgan fingerprint density at radius 1 is 1.33 bits per heavy atom. The number of nitrogens with one attached hydrogen (secondary N) is 2. The van der Waals surface area contributed by atoms with Gasteiger partial charge in [0.2, 0.25) is 5.91 Å². The zero-order valence-corrected chi connectivity index (χ0v) is 12.5. The van der Waals surface area contributed by atoms with E-state index in [1.165, 1.54) is 19.3 Å². The molecule has 18 heavy (non-hydrogen) atoms. The first-order chi connectivity index (χ1) is 8.54. The second-order valence-electron chi connectivity index (χ2n) is 6.16. The quantitative estimate of drug-likeness (QED) is 0.765. The normalized spacial score (nSPS) is 28.4. The fourth-order valence-electron chi connectivity index (χ4n) is 2.99. The van der Waals surface area contributed by atoms with Gasteiger partial charge in [0, 0.05) is 12.6 Å². The van der Waals surface area contributed by atoms with Crippen LogP contribution in [-0.2, 0) is 4.79 Å². The van der Waals surface area contributed by atoms with Crippen LogP contribution >= 0.6 is 0 Å². The molecule has 0 radical (unpaired) electrons. The molecule has 0 aromatic rings. The molecular weight excluding hydrogens is 224 g/mol. The second-order valence-corrected chi connectivity index (χ2v) is 6.16. The van der Waals surface area contributed by atoms with Gasteiger partial charge in [-0.2, -0.15) is 0 Å². The van der Waals surface area contributed by atoms with Crippen LogP contribution in [0.25, 0.3) is 0 Å². The molecule has 3 nitrogen and oxygen atoms in total. The number of hydrogen-bond donors (Lipinski definition) is 2. The maximum absolute atomic E-state index is 11.6. The fraction of sp³-hybridized carbons (Fsp3) is 0.933. The fourth-order valence-corrected chi connectivity index (χ4v) is 2.99. The van der Waals surface area contributed by atoms with Gasteiger partial charge in [-0.25, -0.2) is 0 Å². The average molecular weight is 254 g/mol. The number of rotatable bonds is 6. The third-order valence-corrected chi connectivity index (χ3v) is 4.12. The lowest BCUT2D eigenvalue weighted by Crippen LogP contribution is -2.46. The average Bonchev–Trinajstić information content (AvgIpc) is 2.33. The van der Waals surface area contributed by atoms with E-state index in [-0.39, 0.29) is 5.91 Å². The molecule has 106 valence electrons. The summed E-state index contributed by atoms with van der Waals surface area (Å²) in [6.07, 6.45) is 4.85. The maximum atomic E-state index is 11.6. The molecule has 0 aliphatic heterocycles. The highest BCUT2D eigenvalue weighted by Gasteiger charge is 2.30. The lowest BCUT2D eigenvalue weighted by molar-refractivity contribution is -0.120. The summed E-state index contributed by atoms with van der Waals surface area (Å²) in [7, 11) is 0. The Morgan fingerprint density at radius 3 is 2.67 bits per heavy atom. The summed E-state index contributed by atoms with van der Waals surface area (Å²) in [6.45, 7) is 10.3. The number of carbonyl (C=O) groups excluding carboxylic acids is 1. The van der Waals surface area contributed by atoms with Crippen LogP contribution in [0.1, 0.15) is 53.4 Å². The molecule has 1 aliphatic carbocycles. The van der Waals surface area contributed by atoms with Crippen LogP contribution < -0.4 is 10.6 Å². The van der Waals surface area contributed by atoms with Crippen molar-refractivity contribution in [2.24, 2.45) is 17.8 Å². The van der Waals surface area contributed by atoms with Gasteiger partial charge in [0.05, 0.1) is 6.54 Å². The first kappa shape index (κ1) is 15.5. The molecule has 0 bridgehead atoms. The molecule has 2 N–H and O–H groups in total. The highest BCUT2D eigenvalue weighted by molar-refractivity contribution is 5.77. The van der Waals surface area contributed by atoms with Gasteiger partial charge in [-0.15, -0.1) is 0 Å². The van der Waals surface area contributed by atoms with E-state index in [1.54, 1.807) is 0 Å². The molecule has 1 fully saturated rings. The van der Waals surface area contributed by atoms with Crippen LogP contribution in [0.4, 0.5) is 0 Å². The number of hydrogen-bond acceptors (Lipinski definition) is 2. The summed E-state index contributed by atoms with van der Waals surface area (Å²) < 4.78 is 0. The van der Waals surface area contributed by atoms with Gasteiger partial charge in [0.15, 0.2) is 0 Å². The minimum atomic E-state index is 0.137. The Balaban J connectivity index is 2.38. The van der Waals surface area contributed by atoms with Crippen molar-refractivity contribution in [3.63, 3.8) is 0 Å². The number of carbonyl (C=O) groups is 1. The summed E-state index contributed by atoms with van der Waals surface area (Å²) >= 11 is 0. The van der Waals surface area contributed by atoms with E-state index < -0.39 is 0 Å².